The van der Waals surface area contributed by atoms with Crippen LogP contribution in [-0.2, 0) is 19.3 Å². The van der Waals surface area contributed by atoms with Crippen LogP contribution in [0, 0.1) is 6.92 Å². The normalized spacial score (nSPS) is 13.6. The van der Waals surface area contributed by atoms with E-state index in [4.69, 9.17) is 4.98 Å². The van der Waals surface area contributed by atoms with E-state index in [2.05, 4.69) is 22.3 Å². The lowest BCUT2D eigenvalue weighted by molar-refractivity contribution is 0.0954. The van der Waals surface area contributed by atoms with Crippen LogP contribution in [0.5, 0.6) is 0 Å². The molecule has 0 bridgehead atoms. The first-order valence-corrected chi connectivity index (χ1v) is 8.77. The molecule has 0 spiro atoms. The first-order chi connectivity index (χ1) is 12.2. The van der Waals surface area contributed by atoms with Gasteiger partial charge in [0.1, 0.15) is 5.82 Å². The van der Waals surface area contributed by atoms with Crippen LogP contribution in [0.3, 0.4) is 0 Å². The molecule has 6 heteroatoms. The number of rotatable bonds is 4. The highest BCUT2D eigenvalue weighted by Gasteiger charge is 2.15. The summed E-state index contributed by atoms with van der Waals surface area (Å²) in [4.78, 5) is 21.6. The molecule has 4 rings (SSSR count). The zero-order valence-corrected chi connectivity index (χ0v) is 14.3. The van der Waals surface area contributed by atoms with Crippen molar-refractivity contribution in [3.05, 3.63) is 58.9 Å². The van der Waals surface area contributed by atoms with Crippen molar-refractivity contribution in [2.24, 2.45) is 0 Å². The maximum atomic E-state index is 12.3. The number of carbonyl (C=O) groups is 1. The Morgan fingerprint density at radius 3 is 3.04 bits per heavy atom. The summed E-state index contributed by atoms with van der Waals surface area (Å²) in [5, 5.41) is 7.09. The fraction of sp³-hybridized carbons (Fsp3) is 0.368. The number of pyridine rings is 1. The SMILES string of the molecule is Cc1nc(CCNC(=O)c2ccn3nccc3c2)nc2c1CCCC2. The molecule has 0 saturated heterocycles. The molecule has 25 heavy (non-hydrogen) atoms. The third kappa shape index (κ3) is 3.24. The molecule has 3 aromatic heterocycles. The van der Waals surface area contributed by atoms with Gasteiger partial charge in [0.15, 0.2) is 0 Å². The minimum absolute atomic E-state index is 0.0848. The molecule has 0 aromatic carbocycles. The summed E-state index contributed by atoms with van der Waals surface area (Å²) in [5.41, 5.74) is 5.16. The second kappa shape index (κ2) is 6.63. The van der Waals surface area contributed by atoms with E-state index in [1.165, 1.54) is 24.1 Å². The van der Waals surface area contributed by atoms with Crippen molar-refractivity contribution in [1.82, 2.24) is 24.9 Å². The Hall–Kier alpha value is -2.76. The number of hydrogen-bond acceptors (Lipinski definition) is 4. The summed E-state index contributed by atoms with van der Waals surface area (Å²) in [6.45, 7) is 2.59. The Balaban J connectivity index is 1.40. The van der Waals surface area contributed by atoms with Crippen molar-refractivity contribution < 1.29 is 4.79 Å². The summed E-state index contributed by atoms with van der Waals surface area (Å²) < 4.78 is 1.74. The lowest BCUT2D eigenvalue weighted by Crippen LogP contribution is -2.26. The van der Waals surface area contributed by atoms with Gasteiger partial charge in [-0.3, -0.25) is 4.79 Å². The first kappa shape index (κ1) is 15.7. The van der Waals surface area contributed by atoms with Gasteiger partial charge in [0.25, 0.3) is 5.91 Å². The Bertz CT molecular complexity index is 931. The predicted octanol–water partition coefficient (Wildman–Crippen LogP) is 2.28. The van der Waals surface area contributed by atoms with Crippen molar-refractivity contribution >= 4 is 11.4 Å². The van der Waals surface area contributed by atoms with Crippen molar-refractivity contribution in [1.29, 1.82) is 0 Å². The molecule has 3 aromatic rings. The summed E-state index contributed by atoms with van der Waals surface area (Å²) in [5.74, 6) is 0.739. The molecule has 0 radical (unpaired) electrons. The fourth-order valence-electron chi connectivity index (χ4n) is 3.41. The van der Waals surface area contributed by atoms with E-state index in [0.717, 1.165) is 29.9 Å². The molecule has 1 aliphatic rings. The molecule has 1 aliphatic carbocycles. The van der Waals surface area contributed by atoms with Crippen molar-refractivity contribution in [2.75, 3.05) is 6.54 Å². The van der Waals surface area contributed by atoms with Crippen LogP contribution in [-0.4, -0.2) is 32.0 Å². The molecule has 1 N–H and O–H groups in total. The van der Waals surface area contributed by atoms with Crippen LogP contribution in [0.2, 0.25) is 0 Å². The van der Waals surface area contributed by atoms with E-state index >= 15 is 0 Å². The lowest BCUT2D eigenvalue weighted by atomic mass is 9.95. The van der Waals surface area contributed by atoms with Gasteiger partial charge >= 0.3 is 0 Å². The summed E-state index contributed by atoms with van der Waals surface area (Å²) in [7, 11) is 0. The highest BCUT2D eigenvalue weighted by molar-refractivity contribution is 5.95. The van der Waals surface area contributed by atoms with Gasteiger partial charge in [-0.25, -0.2) is 14.5 Å². The monoisotopic (exact) mass is 335 g/mol. The van der Waals surface area contributed by atoms with E-state index in [1.807, 2.05) is 12.1 Å². The number of amides is 1. The van der Waals surface area contributed by atoms with Crippen LogP contribution < -0.4 is 5.32 Å². The summed E-state index contributed by atoms with van der Waals surface area (Å²) in [6, 6.07) is 5.48. The maximum Gasteiger partial charge on any atom is 0.251 e. The minimum Gasteiger partial charge on any atom is -0.352 e. The van der Waals surface area contributed by atoms with Gasteiger partial charge in [-0.2, -0.15) is 5.10 Å². The summed E-state index contributed by atoms with van der Waals surface area (Å²) in [6.07, 6.45) is 8.73. The van der Waals surface area contributed by atoms with Crippen LogP contribution in [0.1, 0.15) is 46.0 Å². The van der Waals surface area contributed by atoms with Crippen molar-refractivity contribution in [3.63, 3.8) is 0 Å². The smallest absolute Gasteiger partial charge is 0.251 e. The Kier molecular flexibility index (Phi) is 4.17. The van der Waals surface area contributed by atoms with E-state index in [0.29, 0.717) is 18.5 Å². The van der Waals surface area contributed by atoms with Crippen molar-refractivity contribution in [2.45, 2.75) is 39.0 Å². The van der Waals surface area contributed by atoms with Gasteiger partial charge in [0.05, 0.1) is 5.52 Å². The Morgan fingerprint density at radius 1 is 1.24 bits per heavy atom. The number of carbonyl (C=O) groups excluding carboxylic acids is 1. The molecular formula is C19H21N5O. The van der Waals surface area contributed by atoms with Crippen LogP contribution in [0.25, 0.3) is 5.52 Å². The number of fused-ring (bicyclic) bond motifs is 2. The molecule has 0 aliphatic heterocycles. The van der Waals surface area contributed by atoms with Gasteiger partial charge < -0.3 is 5.32 Å². The quantitative estimate of drug-likeness (QED) is 0.794. The third-order valence-electron chi connectivity index (χ3n) is 4.73. The van der Waals surface area contributed by atoms with Gasteiger partial charge in [-0.15, -0.1) is 0 Å². The average Bonchev–Trinajstić information content (AvgIpc) is 3.09. The van der Waals surface area contributed by atoms with Crippen LogP contribution in [0.15, 0.2) is 30.6 Å². The minimum atomic E-state index is -0.0848. The Labute approximate surface area is 146 Å². The second-order valence-corrected chi connectivity index (χ2v) is 6.48. The third-order valence-corrected chi connectivity index (χ3v) is 4.73. The second-order valence-electron chi connectivity index (χ2n) is 6.48. The molecule has 0 unspecified atom stereocenters. The Morgan fingerprint density at radius 2 is 2.12 bits per heavy atom. The number of aromatic nitrogens is 4. The first-order valence-electron chi connectivity index (χ1n) is 8.77. The van der Waals surface area contributed by atoms with Gasteiger partial charge in [-0.1, -0.05) is 0 Å². The molecule has 6 nitrogen and oxygen atoms in total. The molecule has 1 amide bonds. The highest BCUT2D eigenvalue weighted by Crippen LogP contribution is 2.21. The van der Waals surface area contributed by atoms with E-state index in [9.17, 15) is 4.79 Å². The van der Waals surface area contributed by atoms with Crippen molar-refractivity contribution in [3.8, 4) is 0 Å². The average molecular weight is 335 g/mol. The fourth-order valence-corrected chi connectivity index (χ4v) is 3.41. The maximum absolute atomic E-state index is 12.3. The van der Waals surface area contributed by atoms with Gasteiger partial charge in [0.2, 0.25) is 0 Å². The van der Waals surface area contributed by atoms with E-state index in [1.54, 1.807) is 23.0 Å². The molecule has 0 atom stereocenters. The highest BCUT2D eigenvalue weighted by atomic mass is 16.1. The predicted molar refractivity (Wildman–Crippen MR) is 94.6 cm³/mol. The number of nitrogens with one attached hydrogen (secondary N) is 1. The zero-order valence-electron chi connectivity index (χ0n) is 14.3. The van der Waals surface area contributed by atoms with Crippen LogP contribution >= 0.6 is 0 Å². The van der Waals surface area contributed by atoms with Gasteiger partial charge in [-0.05, 0) is 56.4 Å². The summed E-state index contributed by atoms with van der Waals surface area (Å²) >= 11 is 0. The number of hydrogen-bond donors (Lipinski definition) is 1. The van der Waals surface area contributed by atoms with E-state index in [-0.39, 0.29) is 5.91 Å². The molecule has 0 saturated carbocycles. The van der Waals surface area contributed by atoms with Gasteiger partial charge in [0, 0.05) is 42.3 Å². The molecular weight excluding hydrogens is 314 g/mol. The zero-order chi connectivity index (χ0) is 17.2. The molecule has 0 fully saturated rings. The number of aryl methyl sites for hydroxylation is 2. The number of nitrogens with zero attached hydrogens (tertiary/aromatic N) is 4. The lowest BCUT2D eigenvalue weighted by Gasteiger charge is -2.17. The molecule has 128 valence electrons. The topological polar surface area (TPSA) is 72.2 Å². The molecule has 3 heterocycles. The standard InChI is InChI=1S/C19H21N5O/c1-13-16-4-2-3-5-17(16)23-18(22-13)7-9-20-19(25)14-8-11-24-15(12-14)6-10-21-24/h6,8,10-12H,2-5,7,9H2,1H3,(H,20,25). The largest absolute Gasteiger partial charge is 0.352 e. The van der Waals surface area contributed by atoms with Crippen LogP contribution in [0.4, 0.5) is 0 Å². The van der Waals surface area contributed by atoms with E-state index < -0.39 is 0 Å².